The van der Waals surface area contributed by atoms with Gasteiger partial charge in [-0.1, -0.05) is 195 Å². The van der Waals surface area contributed by atoms with Crippen LogP contribution in [0.3, 0.4) is 0 Å². The number of carbonyl (C=O) groups excluding carboxylic acids is 3. The predicted molar refractivity (Wildman–Crippen MR) is 281 cm³/mol. The lowest BCUT2D eigenvalue weighted by Gasteiger charge is -2.34. The highest BCUT2D eigenvalue weighted by Gasteiger charge is 2.25. The minimum Gasteiger partial charge on any atom is -0.544 e. The molecule has 0 heterocycles. The summed E-state index contributed by atoms with van der Waals surface area (Å²) in [6.07, 6.45) is 65.9. The van der Waals surface area contributed by atoms with Gasteiger partial charge in [0.05, 0.1) is 40.3 Å². The monoisotopic (exact) mass is 934 g/mol. The van der Waals surface area contributed by atoms with E-state index in [1.807, 2.05) is 0 Å². The normalized spacial score (nSPS) is 13.6. The van der Waals surface area contributed by atoms with E-state index in [0.29, 0.717) is 12.8 Å². The summed E-state index contributed by atoms with van der Waals surface area (Å²) in [6.45, 7) is 4.48. The second-order valence-electron chi connectivity index (χ2n) is 18.7. The van der Waals surface area contributed by atoms with E-state index < -0.39 is 18.1 Å². The van der Waals surface area contributed by atoms with Gasteiger partial charge in [-0.15, -0.1) is 0 Å². The zero-order valence-electron chi connectivity index (χ0n) is 43.5. The molecule has 67 heavy (non-hydrogen) atoms. The summed E-state index contributed by atoms with van der Waals surface area (Å²) in [4.78, 5) is 37.1. The SMILES string of the molecule is CC/C=C/C/C=C/C/C=C/C/C=C/C/C=C/C/C=C/CCCC(=O)OCC(COCCC(C(=O)[O-])[N+](C)(C)C)OC(=O)CCCCCCCCC/C=C/C/C=C/CCCCCCCCCCC. The highest BCUT2D eigenvalue weighted by molar-refractivity contribution is 5.70. The number of ether oxygens (including phenoxy) is 3. The van der Waals surface area contributed by atoms with Crippen molar-refractivity contribution in [3.8, 4) is 0 Å². The third-order valence-electron chi connectivity index (χ3n) is 11.5. The molecule has 0 amide bonds. The molecule has 0 fully saturated rings. The Morgan fingerprint density at radius 3 is 1.28 bits per heavy atom. The number of likely N-dealkylation sites (N-methyl/N-ethyl adjacent to an activating group) is 1. The van der Waals surface area contributed by atoms with Crippen LogP contribution in [0.1, 0.15) is 206 Å². The number of allylic oxidation sites excluding steroid dienone is 16. The average Bonchev–Trinajstić information content (AvgIpc) is 3.29. The van der Waals surface area contributed by atoms with Crippen LogP contribution in [0.5, 0.6) is 0 Å². The van der Waals surface area contributed by atoms with E-state index in [9.17, 15) is 19.5 Å². The van der Waals surface area contributed by atoms with E-state index in [0.717, 1.165) is 83.5 Å². The molecule has 382 valence electrons. The van der Waals surface area contributed by atoms with Crippen molar-refractivity contribution >= 4 is 17.9 Å². The van der Waals surface area contributed by atoms with Gasteiger partial charge in [-0.25, -0.2) is 0 Å². The molecule has 0 bridgehead atoms. The lowest BCUT2D eigenvalue weighted by Crippen LogP contribution is -2.55. The molecule has 0 radical (unpaired) electrons. The van der Waals surface area contributed by atoms with Gasteiger partial charge in [-0.2, -0.15) is 0 Å². The molecule has 0 saturated heterocycles. The van der Waals surface area contributed by atoms with Crippen molar-refractivity contribution in [2.45, 2.75) is 219 Å². The van der Waals surface area contributed by atoms with E-state index >= 15 is 0 Å². The molecule has 8 nitrogen and oxygen atoms in total. The first-order valence-corrected chi connectivity index (χ1v) is 26.8. The van der Waals surface area contributed by atoms with Crippen molar-refractivity contribution in [1.82, 2.24) is 0 Å². The molecule has 8 heteroatoms. The van der Waals surface area contributed by atoms with Crippen molar-refractivity contribution < 1.29 is 38.2 Å². The number of carbonyl (C=O) groups is 3. The van der Waals surface area contributed by atoms with Gasteiger partial charge in [-0.05, 0) is 89.9 Å². The molecular weight excluding hydrogens is 835 g/mol. The van der Waals surface area contributed by atoms with E-state index in [-0.39, 0.29) is 49.1 Å². The third-order valence-corrected chi connectivity index (χ3v) is 11.5. The van der Waals surface area contributed by atoms with Crippen LogP contribution in [0.2, 0.25) is 0 Å². The lowest BCUT2D eigenvalue weighted by atomic mass is 10.1. The van der Waals surface area contributed by atoms with Gasteiger partial charge in [-0.3, -0.25) is 9.59 Å². The highest BCUT2D eigenvalue weighted by atomic mass is 16.6. The molecular formula is C59H99NO7. The number of aliphatic carboxylic acids is 1. The number of esters is 2. The summed E-state index contributed by atoms with van der Waals surface area (Å²) in [5, 5.41) is 11.7. The Morgan fingerprint density at radius 2 is 0.851 bits per heavy atom. The summed E-state index contributed by atoms with van der Waals surface area (Å²) in [5.74, 6) is -1.83. The van der Waals surface area contributed by atoms with Gasteiger partial charge in [0.2, 0.25) is 0 Å². The van der Waals surface area contributed by atoms with Gasteiger partial charge in [0, 0.05) is 19.3 Å². The van der Waals surface area contributed by atoms with Crippen molar-refractivity contribution in [2.75, 3.05) is 41.0 Å². The van der Waals surface area contributed by atoms with Crippen molar-refractivity contribution in [3.05, 3.63) is 97.2 Å². The lowest BCUT2D eigenvalue weighted by molar-refractivity contribution is -0.889. The zero-order valence-corrected chi connectivity index (χ0v) is 43.5. The Morgan fingerprint density at radius 1 is 0.463 bits per heavy atom. The molecule has 2 unspecified atom stereocenters. The standard InChI is InChI=1S/C59H99NO7/c1-6-8-10-12-14-16-18-20-22-24-26-28-29-30-32-34-36-38-40-42-44-46-48-50-58(62)67-55(53-65-52-51-56(59(63)64)60(3,4)5)54-66-57(61)49-47-45-43-41-39-37-35-33-31-27-25-23-21-19-17-15-13-11-9-7-2/h9,11,15,17,21,23,26-28,30-32,35,37,41,43,55-56H,6-8,10,12-14,16,18-20,22,24-25,29,33-34,36,38-40,42,44-54H2,1-5H3/b11-9+,17-15+,23-21+,28-26+,31-27+,32-30+,37-35+,43-41+. The molecule has 0 aromatic carbocycles. The first-order valence-electron chi connectivity index (χ1n) is 26.8. The molecule has 0 aliphatic carbocycles. The number of unbranched alkanes of at least 4 members (excludes halogenated alkanes) is 17. The molecule has 0 aromatic rings. The summed E-state index contributed by atoms with van der Waals surface area (Å²) < 4.78 is 17.2. The van der Waals surface area contributed by atoms with Crippen molar-refractivity contribution in [3.63, 3.8) is 0 Å². The Labute approximate surface area is 411 Å². The van der Waals surface area contributed by atoms with Gasteiger partial charge in [0.1, 0.15) is 12.6 Å². The summed E-state index contributed by atoms with van der Waals surface area (Å²) in [5.41, 5.74) is 0. The number of carboxylic acids is 1. The summed E-state index contributed by atoms with van der Waals surface area (Å²) in [6, 6.07) is -0.742. The number of quaternary nitrogens is 1. The number of rotatable bonds is 47. The minimum absolute atomic E-state index is 0.0136. The van der Waals surface area contributed by atoms with Crippen LogP contribution in [0, 0.1) is 0 Å². The second-order valence-corrected chi connectivity index (χ2v) is 18.7. The number of hydrogen-bond donors (Lipinski definition) is 0. The Bertz CT molecular complexity index is 1410. The largest absolute Gasteiger partial charge is 0.544 e. The molecule has 0 aliphatic heterocycles. The predicted octanol–water partition coefficient (Wildman–Crippen LogP) is 14.5. The van der Waals surface area contributed by atoms with Crippen LogP contribution in [-0.2, 0) is 28.6 Å². The van der Waals surface area contributed by atoms with Crippen molar-refractivity contribution in [2.24, 2.45) is 0 Å². The van der Waals surface area contributed by atoms with Gasteiger partial charge in [0.25, 0.3) is 0 Å². The van der Waals surface area contributed by atoms with Crippen LogP contribution in [0.15, 0.2) is 97.2 Å². The van der Waals surface area contributed by atoms with Gasteiger partial charge >= 0.3 is 11.9 Å². The van der Waals surface area contributed by atoms with Crippen LogP contribution in [-0.4, -0.2) is 75.5 Å². The van der Waals surface area contributed by atoms with Gasteiger partial charge < -0.3 is 28.6 Å². The van der Waals surface area contributed by atoms with E-state index in [1.165, 1.54) is 83.5 Å². The fourth-order valence-electron chi connectivity index (χ4n) is 7.35. The molecule has 0 aromatic heterocycles. The summed E-state index contributed by atoms with van der Waals surface area (Å²) >= 11 is 0. The minimum atomic E-state index is -1.14. The maximum Gasteiger partial charge on any atom is 0.306 e. The molecule has 0 aliphatic rings. The Kier molecular flexibility index (Phi) is 46.0. The van der Waals surface area contributed by atoms with Crippen LogP contribution < -0.4 is 5.11 Å². The molecule has 0 spiro atoms. The van der Waals surface area contributed by atoms with E-state index in [4.69, 9.17) is 14.2 Å². The second kappa shape index (κ2) is 48.7. The Hall–Kier alpha value is -3.75. The molecule has 2 atom stereocenters. The Balaban J connectivity index is 4.35. The fourth-order valence-corrected chi connectivity index (χ4v) is 7.35. The van der Waals surface area contributed by atoms with Crippen LogP contribution >= 0.6 is 0 Å². The van der Waals surface area contributed by atoms with E-state index in [1.54, 1.807) is 21.1 Å². The quantitative estimate of drug-likeness (QED) is 0.0259. The van der Waals surface area contributed by atoms with Crippen LogP contribution in [0.4, 0.5) is 0 Å². The zero-order chi connectivity index (χ0) is 49.2. The smallest absolute Gasteiger partial charge is 0.306 e. The molecule has 0 saturated carbocycles. The van der Waals surface area contributed by atoms with Crippen LogP contribution in [0.25, 0.3) is 0 Å². The number of hydrogen-bond acceptors (Lipinski definition) is 7. The topological polar surface area (TPSA) is 102 Å². The maximum absolute atomic E-state index is 12.8. The molecule has 0 rings (SSSR count). The maximum atomic E-state index is 12.8. The average molecular weight is 934 g/mol. The number of carboxylic acid groups (broad SMARTS) is 1. The molecule has 0 N–H and O–H groups in total. The summed E-state index contributed by atoms with van der Waals surface area (Å²) in [7, 11) is 5.39. The van der Waals surface area contributed by atoms with Gasteiger partial charge in [0.15, 0.2) is 6.10 Å². The fraction of sp³-hybridized carbons (Fsp3) is 0.678. The highest BCUT2D eigenvalue weighted by Crippen LogP contribution is 2.14. The number of nitrogens with zero attached hydrogens (tertiary/aromatic N) is 1. The van der Waals surface area contributed by atoms with Crippen molar-refractivity contribution in [1.29, 1.82) is 0 Å². The van der Waals surface area contributed by atoms with E-state index in [2.05, 4.69) is 111 Å². The third kappa shape index (κ3) is 47.1. The first kappa shape index (κ1) is 63.2. The first-order chi connectivity index (χ1) is 32.6.